The molecule has 8 nitrogen and oxygen atoms in total. The minimum atomic E-state index is -0.276. The number of esters is 1. The predicted molar refractivity (Wildman–Crippen MR) is 106 cm³/mol. The van der Waals surface area contributed by atoms with Gasteiger partial charge in [-0.1, -0.05) is 54.2 Å². The number of rotatable bonds is 7. The number of hydrogen-bond acceptors (Lipinski definition) is 7. The molecule has 4 rings (SSSR count). The van der Waals surface area contributed by atoms with E-state index < -0.39 is 0 Å². The molecule has 0 aliphatic carbocycles. The zero-order valence-corrected chi connectivity index (χ0v) is 16.0. The Kier molecular flexibility index (Phi) is 5.34. The maximum absolute atomic E-state index is 11.9. The lowest BCUT2D eigenvalue weighted by molar-refractivity contribution is -0.140. The van der Waals surface area contributed by atoms with E-state index in [9.17, 15) is 4.79 Å². The van der Waals surface area contributed by atoms with E-state index >= 15 is 0 Å². The molecule has 0 radical (unpaired) electrons. The van der Waals surface area contributed by atoms with Crippen LogP contribution in [0.1, 0.15) is 13.3 Å². The Hall–Kier alpha value is -3.20. The van der Waals surface area contributed by atoms with Crippen LogP contribution >= 0.6 is 11.8 Å². The maximum Gasteiger partial charge on any atom is 0.316 e. The van der Waals surface area contributed by atoms with Gasteiger partial charge in [-0.3, -0.25) is 9.36 Å². The van der Waals surface area contributed by atoms with Crippen molar-refractivity contribution in [3.63, 3.8) is 0 Å². The lowest BCUT2D eigenvalue weighted by Gasteiger charge is -2.10. The molecular weight excluding hydrogens is 376 g/mol. The first-order valence-corrected chi connectivity index (χ1v) is 9.86. The molecule has 28 heavy (non-hydrogen) atoms. The number of benzene rings is 2. The molecule has 0 spiro atoms. The Morgan fingerprint density at radius 1 is 1.04 bits per heavy atom. The zero-order valence-electron chi connectivity index (χ0n) is 15.2. The van der Waals surface area contributed by atoms with Gasteiger partial charge in [0.05, 0.1) is 23.6 Å². The third-order valence-corrected chi connectivity index (χ3v) is 4.86. The molecule has 0 fully saturated rings. The third-order valence-electron chi connectivity index (χ3n) is 3.96. The fourth-order valence-electron chi connectivity index (χ4n) is 2.69. The van der Waals surface area contributed by atoms with Crippen molar-refractivity contribution in [2.24, 2.45) is 0 Å². The monoisotopic (exact) mass is 394 g/mol. The highest BCUT2D eigenvalue weighted by Crippen LogP contribution is 2.25. The number of nitrogens with zero attached hydrogens (tertiary/aromatic N) is 6. The summed E-state index contributed by atoms with van der Waals surface area (Å²) in [6.07, 6.45) is 0.792. The Labute approximate surface area is 165 Å². The summed E-state index contributed by atoms with van der Waals surface area (Å²) < 4.78 is 8.66. The van der Waals surface area contributed by atoms with Crippen molar-refractivity contribution in [3.05, 3.63) is 54.6 Å². The summed E-state index contributed by atoms with van der Waals surface area (Å²) in [5, 5.41) is 17.6. The number of thioether (sulfide) groups is 1. The average molecular weight is 394 g/mol. The molecule has 2 aromatic carbocycles. The van der Waals surface area contributed by atoms with Crippen LogP contribution in [0.25, 0.3) is 22.7 Å². The van der Waals surface area contributed by atoms with E-state index in [1.807, 2.05) is 66.1 Å². The van der Waals surface area contributed by atoms with Gasteiger partial charge in [0.15, 0.2) is 5.16 Å². The molecular formula is C19H18N6O2S. The lowest BCUT2D eigenvalue weighted by Crippen LogP contribution is -2.10. The molecule has 0 saturated carbocycles. The summed E-state index contributed by atoms with van der Waals surface area (Å²) in [5.74, 6) is 0.384. The van der Waals surface area contributed by atoms with Gasteiger partial charge in [0.1, 0.15) is 5.52 Å². The Morgan fingerprint density at radius 3 is 2.64 bits per heavy atom. The molecule has 2 aromatic heterocycles. The van der Waals surface area contributed by atoms with Crippen LogP contribution in [0.4, 0.5) is 0 Å². The van der Waals surface area contributed by atoms with Crippen LogP contribution in [0.3, 0.4) is 0 Å². The van der Waals surface area contributed by atoms with Gasteiger partial charge in [0.25, 0.3) is 5.95 Å². The first-order valence-electron chi connectivity index (χ1n) is 8.88. The lowest BCUT2D eigenvalue weighted by atomic mass is 10.3. The summed E-state index contributed by atoms with van der Waals surface area (Å²) in [6, 6.07) is 17.3. The van der Waals surface area contributed by atoms with Gasteiger partial charge in [0, 0.05) is 0 Å². The van der Waals surface area contributed by atoms with Crippen molar-refractivity contribution < 1.29 is 9.53 Å². The van der Waals surface area contributed by atoms with E-state index in [1.165, 1.54) is 11.8 Å². The van der Waals surface area contributed by atoms with E-state index in [-0.39, 0.29) is 11.7 Å². The fourth-order valence-corrected chi connectivity index (χ4v) is 3.44. The van der Waals surface area contributed by atoms with Gasteiger partial charge in [-0.2, -0.15) is 4.68 Å². The molecule has 0 bridgehead atoms. The van der Waals surface area contributed by atoms with Crippen LogP contribution in [0.5, 0.6) is 0 Å². The second kappa shape index (κ2) is 8.22. The molecule has 2 heterocycles. The molecule has 0 aliphatic heterocycles. The minimum Gasteiger partial charge on any atom is -0.465 e. The Morgan fingerprint density at radius 2 is 1.82 bits per heavy atom. The standard InChI is InChI=1S/C19H18N6O2S/c1-2-12-27-17(26)13-28-19-22-21-18(24(19)14-8-4-3-5-9-14)25-16-11-7-6-10-15(16)20-23-25/h3-11H,2,12-13H2,1H3. The summed E-state index contributed by atoms with van der Waals surface area (Å²) >= 11 is 1.28. The van der Waals surface area contributed by atoms with Gasteiger partial charge in [-0.25, -0.2) is 0 Å². The summed E-state index contributed by atoms with van der Waals surface area (Å²) in [6.45, 7) is 2.38. The van der Waals surface area contributed by atoms with Crippen molar-refractivity contribution in [1.29, 1.82) is 0 Å². The van der Waals surface area contributed by atoms with Crippen LogP contribution in [0, 0.1) is 0 Å². The van der Waals surface area contributed by atoms with Gasteiger partial charge >= 0.3 is 5.97 Å². The number of para-hydroxylation sites is 2. The van der Waals surface area contributed by atoms with Crippen molar-refractivity contribution in [1.82, 2.24) is 29.8 Å². The van der Waals surface area contributed by atoms with Crippen molar-refractivity contribution in [2.75, 3.05) is 12.4 Å². The van der Waals surface area contributed by atoms with Gasteiger partial charge in [-0.15, -0.1) is 15.3 Å². The second-order valence-electron chi connectivity index (χ2n) is 5.95. The first kappa shape index (κ1) is 18.2. The highest BCUT2D eigenvalue weighted by molar-refractivity contribution is 7.99. The molecule has 4 aromatic rings. The fraction of sp³-hybridized carbons (Fsp3) is 0.211. The first-order chi connectivity index (χ1) is 13.8. The molecule has 0 atom stereocenters. The second-order valence-corrected chi connectivity index (χ2v) is 6.90. The van der Waals surface area contributed by atoms with Crippen LogP contribution in [0.2, 0.25) is 0 Å². The minimum absolute atomic E-state index is 0.156. The summed E-state index contributed by atoms with van der Waals surface area (Å²) in [7, 11) is 0. The summed E-state index contributed by atoms with van der Waals surface area (Å²) in [4.78, 5) is 11.9. The molecule has 9 heteroatoms. The van der Waals surface area contributed by atoms with Gasteiger partial charge in [0.2, 0.25) is 0 Å². The molecule has 0 saturated heterocycles. The normalized spacial score (nSPS) is 11.0. The van der Waals surface area contributed by atoms with Crippen molar-refractivity contribution >= 4 is 28.8 Å². The number of aromatic nitrogens is 6. The third kappa shape index (κ3) is 3.61. The number of fused-ring (bicyclic) bond motifs is 1. The van der Waals surface area contributed by atoms with E-state index in [0.29, 0.717) is 17.7 Å². The smallest absolute Gasteiger partial charge is 0.316 e. The summed E-state index contributed by atoms with van der Waals surface area (Å²) in [5.41, 5.74) is 2.46. The quantitative estimate of drug-likeness (QED) is 0.352. The SMILES string of the molecule is CCCOC(=O)CSc1nnc(-n2nnc3ccccc32)n1-c1ccccc1. The number of carbonyl (C=O) groups excluding carboxylic acids is 1. The van der Waals surface area contributed by atoms with Crippen molar-refractivity contribution in [2.45, 2.75) is 18.5 Å². The van der Waals surface area contributed by atoms with Crippen LogP contribution < -0.4 is 0 Å². The highest BCUT2D eigenvalue weighted by Gasteiger charge is 2.20. The largest absolute Gasteiger partial charge is 0.465 e. The number of carbonyl (C=O) groups is 1. The zero-order chi connectivity index (χ0) is 19.3. The molecule has 0 unspecified atom stereocenters. The molecule has 142 valence electrons. The Balaban J connectivity index is 1.73. The highest BCUT2D eigenvalue weighted by atomic mass is 32.2. The van der Waals surface area contributed by atoms with Gasteiger partial charge < -0.3 is 4.74 Å². The van der Waals surface area contributed by atoms with Crippen LogP contribution in [0.15, 0.2) is 59.8 Å². The van der Waals surface area contributed by atoms with E-state index in [0.717, 1.165) is 23.1 Å². The number of ether oxygens (including phenoxy) is 1. The predicted octanol–water partition coefficient (Wildman–Crippen LogP) is 3.05. The molecule has 0 amide bonds. The van der Waals surface area contributed by atoms with E-state index in [1.54, 1.807) is 4.68 Å². The molecule has 0 aliphatic rings. The van der Waals surface area contributed by atoms with Crippen LogP contribution in [-0.2, 0) is 9.53 Å². The average Bonchev–Trinajstić information content (AvgIpc) is 3.35. The topological polar surface area (TPSA) is 87.7 Å². The van der Waals surface area contributed by atoms with E-state index in [4.69, 9.17) is 4.74 Å². The van der Waals surface area contributed by atoms with Crippen molar-refractivity contribution in [3.8, 4) is 11.6 Å². The maximum atomic E-state index is 11.9. The number of hydrogen-bond donors (Lipinski definition) is 0. The van der Waals surface area contributed by atoms with Gasteiger partial charge in [-0.05, 0) is 30.7 Å². The Bertz CT molecular complexity index is 1090. The molecule has 0 N–H and O–H groups in total. The van der Waals surface area contributed by atoms with E-state index in [2.05, 4.69) is 20.5 Å². The van der Waals surface area contributed by atoms with Crippen LogP contribution in [-0.4, -0.2) is 48.1 Å².